The monoisotopic (exact) mass is 1700 g/mol. The maximum Gasteiger partial charge on any atom is 1.00 e. The van der Waals surface area contributed by atoms with Gasteiger partial charge in [-0.05, 0) is 96.4 Å². The van der Waals surface area contributed by atoms with E-state index >= 15 is 0 Å². The molecule has 0 bridgehead atoms. The summed E-state index contributed by atoms with van der Waals surface area (Å²) in [5.41, 5.74) is 3.64. The summed E-state index contributed by atoms with van der Waals surface area (Å²) in [7, 11) is 5.65. The molecule has 0 aliphatic heterocycles. The third kappa shape index (κ3) is 44.8. The molecular weight excluding hydrogens is 1540 g/mol. The van der Waals surface area contributed by atoms with Crippen molar-refractivity contribution in [2.45, 2.75) is 291 Å². The number of carbonyl (C=O) groups excluding carboxylic acids is 3. The van der Waals surface area contributed by atoms with Crippen LogP contribution in [0.2, 0.25) is 36.3 Å². The molecule has 28 nitrogen and oxygen atoms in total. The number of hydrogen-bond donors (Lipinski definition) is 3. The van der Waals surface area contributed by atoms with Crippen LogP contribution in [-0.2, 0) is 132 Å². The van der Waals surface area contributed by atoms with E-state index in [0.29, 0.717) is 65.3 Å². The van der Waals surface area contributed by atoms with Crippen LogP contribution in [0.3, 0.4) is 0 Å². The van der Waals surface area contributed by atoms with Crippen LogP contribution < -0.4 is 18.9 Å². The zero-order valence-corrected chi connectivity index (χ0v) is 77.9. The Kier molecular flexibility index (Phi) is 63.4. The van der Waals surface area contributed by atoms with Gasteiger partial charge in [0.15, 0.2) is 28.8 Å². The molecule has 0 aliphatic rings. The van der Waals surface area contributed by atoms with Crippen molar-refractivity contribution < 1.29 is 154 Å². The van der Waals surface area contributed by atoms with Gasteiger partial charge in [-0.25, -0.2) is 9.59 Å². The summed E-state index contributed by atoms with van der Waals surface area (Å²) in [6.45, 7) is 44.1. The van der Waals surface area contributed by atoms with Gasteiger partial charge in [0.1, 0.15) is 65.2 Å². The minimum atomic E-state index is -2.37. The fourth-order valence-electron chi connectivity index (χ4n) is 11.8. The molecule has 0 aromatic heterocycles. The Morgan fingerprint density at radius 2 is 0.821 bits per heavy atom. The number of hydrogen-bond acceptors (Lipinski definition) is 26. The van der Waals surface area contributed by atoms with Gasteiger partial charge < -0.3 is 116 Å². The van der Waals surface area contributed by atoms with E-state index in [1.165, 1.54) is 35.5 Å². The number of benzene rings is 2. The van der Waals surface area contributed by atoms with Crippen molar-refractivity contribution in [3.8, 4) is 0 Å². The molecule has 0 saturated carbocycles. The average Bonchev–Trinajstić information content (AvgIpc) is 0.790. The number of carboxylic acid groups (broad SMARTS) is 1. The van der Waals surface area contributed by atoms with Crippen LogP contribution in [0.5, 0.6) is 0 Å². The Morgan fingerprint density at radius 3 is 1.13 bits per heavy atom. The van der Waals surface area contributed by atoms with Crippen molar-refractivity contribution in [1.29, 1.82) is 0 Å². The molecule has 6 N–H and O–H groups in total. The third-order valence-electron chi connectivity index (χ3n) is 21.3. The fraction of sp³-hybridized carbons (Fsp3) is 0.767. The second kappa shape index (κ2) is 62.2. The maximum absolute atomic E-state index is 13.1. The van der Waals surface area contributed by atoms with Crippen molar-refractivity contribution in [1.82, 2.24) is 0 Å². The van der Waals surface area contributed by atoms with Gasteiger partial charge in [0.2, 0.25) is 0 Å². The number of ether oxygens (including phenoxy) is 17. The summed E-state index contributed by atoms with van der Waals surface area (Å²) in [4.78, 5) is 51.1. The Bertz CT molecular complexity index is 3010. The van der Waals surface area contributed by atoms with Gasteiger partial charge in [-0.1, -0.05) is 165 Å². The molecule has 678 valence electrons. The van der Waals surface area contributed by atoms with Crippen LogP contribution in [0.25, 0.3) is 0 Å². The molecule has 0 aliphatic carbocycles. The minimum Gasteiger partial charge on any atom is -0.870 e. The van der Waals surface area contributed by atoms with E-state index in [9.17, 15) is 34.5 Å². The Morgan fingerprint density at radius 1 is 0.479 bits per heavy atom. The zero-order valence-electron chi connectivity index (χ0n) is 75.9. The number of rotatable bonds is 60. The van der Waals surface area contributed by atoms with E-state index in [-0.39, 0.29) is 138 Å². The van der Waals surface area contributed by atoms with Crippen LogP contribution >= 0.6 is 0 Å². The van der Waals surface area contributed by atoms with E-state index in [1.54, 1.807) is 28.1 Å². The number of esters is 3. The molecule has 0 spiro atoms. The number of carbonyl (C=O) groups is 4. The number of methoxy groups -OCH3 is 7. The SMILES string of the molecule is C.CCC(=O)O[C@@H](C[C@@H](C[C@H](O)/C(C)=C\[C@@H](CC)COCOCCOC)O[Si](C)(C)C(C)(C)C)C(C)(C)c1cccc(C[C@@H](OCOC)[C@H](OCOC)C(=O)O)c1.CCC(=O)O[C@@H](C[C@@H](C[C@H](O)/C(C)=C\[C@@H](CC)COCOCCOC)O[Si](C)(C)C(C)(C)C)C(C)(C)c1cccc(C[C@@H](OCOC)[C@H](OCOC)C(=O)OC)c1.O.[Li+].[OH-]. The van der Waals surface area contributed by atoms with E-state index < -0.39 is 100 Å². The molecule has 0 heterocycles. The number of aliphatic hydroxyl groups is 2. The molecule has 117 heavy (non-hydrogen) atoms. The smallest absolute Gasteiger partial charge is 0.870 e. The van der Waals surface area contributed by atoms with Gasteiger partial charge in [0.25, 0.3) is 0 Å². The molecule has 31 heteroatoms. The largest absolute Gasteiger partial charge is 1.00 e. The Labute approximate surface area is 717 Å². The summed E-state index contributed by atoms with van der Waals surface area (Å²) < 4.78 is 107. The maximum atomic E-state index is 13.1. The van der Waals surface area contributed by atoms with Crippen LogP contribution in [0, 0.1) is 11.8 Å². The number of aliphatic carboxylic acids is 1. The molecule has 12 atom stereocenters. The minimum absolute atomic E-state index is 0. The summed E-state index contributed by atoms with van der Waals surface area (Å²) >= 11 is 0. The molecule has 2 rings (SSSR count). The van der Waals surface area contributed by atoms with Crippen molar-refractivity contribution >= 4 is 40.5 Å². The van der Waals surface area contributed by atoms with Crippen molar-refractivity contribution in [2.75, 3.05) is 130 Å². The van der Waals surface area contributed by atoms with Crippen LogP contribution in [-0.4, -0.2) is 258 Å². The third-order valence-corrected chi connectivity index (χ3v) is 30.3. The Balaban J connectivity index is -0.00000106. The van der Waals surface area contributed by atoms with E-state index in [1.807, 2.05) is 90.1 Å². The molecule has 0 radical (unpaired) electrons. The first-order valence-corrected chi connectivity index (χ1v) is 45.6. The second-order valence-corrected chi connectivity index (χ2v) is 42.4. The Hall–Kier alpha value is -3.97. The van der Waals surface area contributed by atoms with Crippen LogP contribution in [0.4, 0.5) is 0 Å². The number of aliphatic hydroxyl groups excluding tert-OH is 2. The first-order chi connectivity index (χ1) is 53.1. The summed E-state index contributed by atoms with van der Waals surface area (Å²) in [5.74, 6) is -2.29. The summed E-state index contributed by atoms with van der Waals surface area (Å²) in [5, 5.41) is 33.1. The van der Waals surface area contributed by atoms with Crippen molar-refractivity contribution in [3.63, 3.8) is 0 Å². The van der Waals surface area contributed by atoms with Crippen molar-refractivity contribution in [3.05, 3.63) is 94.1 Å². The fourth-order valence-corrected chi connectivity index (χ4v) is 14.5. The normalized spacial score (nSPS) is 15.6. The predicted octanol–water partition coefficient (Wildman–Crippen LogP) is 10.8. The van der Waals surface area contributed by atoms with Crippen LogP contribution in [0.15, 0.2) is 71.8 Å². The van der Waals surface area contributed by atoms with E-state index in [0.717, 1.165) is 46.2 Å². The quantitative estimate of drug-likeness (QED) is 0.0138. The molecule has 2 aromatic carbocycles. The summed E-state index contributed by atoms with van der Waals surface area (Å²) in [6, 6.07) is 15.6. The van der Waals surface area contributed by atoms with Gasteiger partial charge in [-0.2, -0.15) is 0 Å². The van der Waals surface area contributed by atoms with Gasteiger partial charge in [0.05, 0.1) is 71.2 Å². The van der Waals surface area contributed by atoms with Gasteiger partial charge in [-0.15, -0.1) is 0 Å². The topological polar surface area (TPSA) is 366 Å². The zero-order chi connectivity index (χ0) is 85.8. The molecule has 0 unspecified atom stereocenters. The molecular formula is C86H157LiO28Si2. The van der Waals surface area contributed by atoms with Gasteiger partial charge in [-0.3, -0.25) is 9.59 Å². The van der Waals surface area contributed by atoms with E-state index in [4.69, 9.17) is 89.4 Å². The van der Waals surface area contributed by atoms with E-state index in [2.05, 4.69) is 93.7 Å². The molecule has 0 saturated heterocycles. The first-order valence-electron chi connectivity index (χ1n) is 39.8. The van der Waals surface area contributed by atoms with Gasteiger partial charge in [0, 0.05) is 117 Å². The van der Waals surface area contributed by atoms with Crippen LogP contribution in [0.1, 0.15) is 192 Å². The second-order valence-electron chi connectivity index (χ2n) is 32.9. The summed E-state index contributed by atoms with van der Waals surface area (Å²) in [6.07, 6.45) is 0.231. The molecule has 0 amide bonds. The van der Waals surface area contributed by atoms with Crippen molar-refractivity contribution in [2.24, 2.45) is 11.8 Å². The predicted molar refractivity (Wildman–Crippen MR) is 453 cm³/mol. The first kappa shape index (κ1) is 119. The average molecular weight is 1700 g/mol. The molecule has 0 fully saturated rings. The van der Waals surface area contributed by atoms with Gasteiger partial charge >= 0.3 is 42.7 Å². The number of carboxylic acids is 1. The molecule has 2 aromatic rings. The standard InChI is InChI=1S/C43H76O13Si.C42H74O13Si.CH4.Li.2H2O/c1-15-32(27-52-30-51-21-20-47-9)22-31(3)36(44)25-35(56-57(13,14)42(4,5)6)26-38(55-39(45)16-2)43(7,8)34-19-17-18-33(23-34)24-37(53-28-48-10)40(41(46)50-12)54-29-49-11;1-14-31(26-51-29-50-20-19-47-9)21-30(3)35(43)24-34(55-56(12,13)41(4,5)6)25-37(54-38(44)15-2)42(7,8)33-18-16-17-32(22-33)23-36(52-27-48-10)39(40(45)46)53-28-49-11;;;;/h17-19,22-23,32,35-38,40,44H,15-16,20-21,24-30H2,1-14H3;16-18,21-22,31,34-37,39,43H,14-15,19-20,23-29H2,1-13H3,(H,45,46);1H4;;2*1H2/q;;;+1;;/p-1/b31-22-;30-21-;;;;/t32-,35-,36+,37-,38+,40+;31-,34-,35+,36-,37+,39+;;;;/m11..../s1.